The second-order valence-electron chi connectivity index (χ2n) is 26.8. The molecule has 5 aromatic rings. The molecule has 0 saturated carbocycles. The molecule has 0 spiro atoms. The first-order chi connectivity index (χ1) is 55.1. The van der Waals surface area contributed by atoms with Crippen LogP contribution < -0.4 is 72.8 Å². The van der Waals surface area contributed by atoms with Crippen molar-refractivity contribution in [1.29, 1.82) is 0 Å². The molecule has 2 heterocycles. The number of urea groups is 1. The number of carbonyl (C=O) groups is 13. The van der Waals surface area contributed by atoms with Crippen molar-refractivity contribution in [3.05, 3.63) is 130 Å². The van der Waals surface area contributed by atoms with E-state index in [0.717, 1.165) is 34.7 Å². The maximum absolute atomic E-state index is 14.6. The lowest BCUT2D eigenvalue weighted by Crippen LogP contribution is -2.58. The number of aliphatic carboxylic acids is 5. The molecule has 1 saturated heterocycles. The summed E-state index contributed by atoms with van der Waals surface area (Å²) < 4.78 is 35.7. The van der Waals surface area contributed by atoms with Gasteiger partial charge in [0, 0.05) is 99.4 Å². The lowest BCUT2D eigenvalue weighted by Gasteiger charge is -2.26. The molecule has 1 aliphatic heterocycles. The van der Waals surface area contributed by atoms with E-state index in [1.54, 1.807) is 83.4 Å². The number of fused-ring (bicyclic) bond motifs is 5. The Kier molecular flexibility index (Phi) is 36.3. The number of pyridine rings is 1. The SMILES string of the molecule is C=C(OCCSSC[C@H](NC(=O)[C@H](CC(=O)O)NC(=O)[C@@H](N)CNC(=O)[C@H](Cc1ccccc1)NC(=O)[C@H](Cc1ccccc1)NC(=O)CCCCCCCNC(=O)CC[C@H](NC(=O)N[C@@H](CCC(=O)O)C(=O)O)C(=O)O)C(=O)O)Oc1cc2c(cc1OC)-c1c(c3cc(OC)c(OC)cc3c(=O)n1CCCN1CCOCC1)C2=O. The number of benzene rings is 4. The summed E-state index contributed by atoms with van der Waals surface area (Å²) in [6, 6.07) is 11.6. The van der Waals surface area contributed by atoms with Crippen LogP contribution in [0.15, 0.2) is 102 Å². The summed E-state index contributed by atoms with van der Waals surface area (Å²) in [5.74, 6) is -11.9. The summed E-state index contributed by atoms with van der Waals surface area (Å²) in [6.45, 7) is 7.15. The van der Waals surface area contributed by atoms with Gasteiger partial charge < -0.3 is 107 Å². The molecular weight excluding hydrogens is 1540 g/mol. The predicted octanol–water partition coefficient (Wildman–Crippen LogP) is 2.94. The summed E-state index contributed by atoms with van der Waals surface area (Å²) >= 11 is 0. The van der Waals surface area contributed by atoms with E-state index >= 15 is 0 Å². The van der Waals surface area contributed by atoms with Gasteiger partial charge >= 0.3 is 35.9 Å². The second-order valence-corrected chi connectivity index (χ2v) is 29.4. The van der Waals surface area contributed by atoms with Crippen LogP contribution in [0.3, 0.4) is 0 Å². The summed E-state index contributed by atoms with van der Waals surface area (Å²) in [6.07, 6.45) is 0.663. The van der Waals surface area contributed by atoms with Crippen molar-refractivity contribution < 1.29 is 116 Å². The fourth-order valence-electron chi connectivity index (χ4n) is 12.5. The van der Waals surface area contributed by atoms with Crippen LogP contribution in [-0.4, -0.2) is 240 Å². The van der Waals surface area contributed by atoms with Crippen molar-refractivity contribution in [1.82, 2.24) is 52.0 Å². The lowest BCUT2D eigenvalue weighted by molar-refractivity contribution is -0.143. The summed E-state index contributed by atoms with van der Waals surface area (Å²) in [7, 11) is 6.47. The third-order valence-corrected chi connectivity index (χ3v) is 20.8. The van der Waals surface area contributed by atoms with Crippen LogP contribution >= 0.6 is 21.6 Å². The number of carbonyl (C=O) groups excluding carboxylic acids is 8. The number of rotatable bonds is 51. The highest BCUT2D eigenvalue weighted by atomic mass is 33.1. The first-order valence-corrected chi connectivity index (χ1v) is 39.5. The van der Waals surface area contributed by atoms with Gasteiger partial charge in [0.1, 0.15) is 48.9 Å². The van der Waals surface area contributed by atoms with Crippen LogP contribution in [0.5, 0.6) is 23.0 Å². The van der Waals surface area contributed by atoms with Crippen molar-refractivity contribution in [3.63, 3.8) is 0 Å². The van der Waals surface area contributed by atoms with Gasteiger partial charge in [0.2, 0.25) is 35.4 Å². The Hall–Kier alpha value is -11.5. The Labute approximate surface area is 668 Å². The normalized spacial score (nSPS) is 14.1. The molecule has 1 aromatic heterocycles. The molecule has 1 aliphatic carbocycles. The lowest BCUT2D eigenvalue weighted by atomic mass is 10.0. The number of ether oxygens (including phenoxy) is 6. The first kappa shape index (κ1) is 90.7. The van der Waals surface area contributed by atoms with E-state index in [-0.39, 0.29) is 109 Å². The average Bonchev–Trinajstić information content (AvgIpc) is 1.57. The van der Waals surface area contributed by atoms with Gasteiger partial charge in [-0.1, -0.05) is 102 Å². The molecule has 36 nitrogen and oxygen atoms in total. The summed E-state index contributed by atoms with van der Waals surface area (Å²) in [4.78, 5) is 184. The molecule has 0 unspecified atom stereocenters. The maximum Gasteiger partial charge on any atom is 0.327 e. The number of carboxylic acid groups (broad SMARTS) is 5. The van der Waals surface area contributed by atoms with E-state index in [0.29, 0.717) is 97.6 Å². The maximum atomic E-state index is 14.6. The number of carboxylic acids is 5. The topological polar surface area (TPSA) is 526 Å². The van der Waals surface area contributed by atoms with Crippen LogP contribution in [0, 0.1) is 0 Å². The zero-order chi connectivity index (χ0) is 83.7. The zero-order valence-corrected chi connectivity index (χ0v) is 65.3. The van der Waals surface area contributed by atoms with E-state index < -0.39 is 139 Å². The van der Waals surface area contributed by atoms with E-state index in [2.05, 4.69) is 48.7 Å². The number of nitrogens with two attached hydrogens (primary N) is 1. The van der Waals surface area contributed by atoms with Gasteiger partial charge in [-0.3, -0.25) is 52.8 Å². The van der Waals surface area contributed by atoms with Gasteiger partial charge in [0.15, 0.2) is 28.8 Å². The summed E-state index contributed by atoms with van der Waals surface area (Å²) in [5, 5.41) is 67.5. The van der Waals surface area contributed by atoms with Crippen molar-refractivity contribution in [2.75, 3.05) is 85.4 Å². The minimum Gasteiger partial charge on any atom is -0.493 e. The molecule has 115 heavy (non-hydrogen) atoms. The van der Waals surface area contributed by atoms with E-state index in [1.807, 2.05) is 5.32 Å². The molecule has 1 fully saturated rings. The number of morpholine rings is 1. The highest BCUT2D eigenvalue weighted by molar-refractivity contribution is 8.76. The fourth-order valence-corrected chi connectivity index (χ4v) is 14.5. The second kappa shape index (κ2) is 46.0. The Morgan fingerprint density at radius 2 is 1.10 bits per heavy atom. The largest absolute Gasteiger partial charge is 0.493 e. The minimum absolute atomic E-state index is 0.0124. The number of hydrogen-bond donors (Lipinski definition) is 14. The van der Waals surface area contributed by atoms with E-state index in [9.17, 15) is 87.5 Å². The number of amides is 8. The van der Waals surface area contributed by atoms with Crippen LogP contribution in [-0.2, 0) is 81.6 Å². The van der Waals surface area contributed by atoms with Crippen molar-refractivity contribution in [2.45, 2.75) is 139 Å². The van der Waals surface area contributed by atoms with Crippen LogP contribution in [0.2, 0.25) is 0 Å². The minimum atomic E-state index is -1.85. The molecule has 38 heteroatoms. The molecule has 4 aromatic carbocycles. The third kappa shape index (κ3) is 28.2. The standard InChI is InChI=1S/C77H97N11O25S2/c1-44(113-61-39-49-48(38-60(61)110-4)67-66(68(49)95)47-37-58(108-2)59(109-3)40-50(47)73(100)88(67)28-16-27-87-29-31-111-32-30-87)112-33-34-114-115-43-57(76(105)106)84-72(99)56(41-65(93)94)82-69(96)51(78)42-80-70(97)54(35-45-17-10-8-11-18-45)83-71(98)55(36-46-19-12-9-13-20-46)81-63(90)21-14-6-5-7-15-26-79-62(89)24-22-52(74(101)102)85-77(107)86-53(75(103)104)23-25-64(91)92/h8-13,17-20,37-40,51-57H,1,5-7,14-16,21-36,41-43,78H2,2-4H3,(H,79,89)(H,80,97)(H,81,90)(H,82,96)(H,83,98)(H,84,99)(H,91,92)(H,93,94)(H,101,102)(H,103,104)(H,105,106)(H2,85,86,107)/t51-,52-,53-,54-,55-,56-,57-/m0/s1. The molecule has 622 valence electrons. The quantitative estimate of drug-likeness (QED) is 0.0148. The van der Waals surface area contributed by atoms with Crippen molar-refractivity contribution in [3.8, 4) is 34.3 Å². The van der Waals surface area contributed by atoms with E-state index in [1.165, 1.54) is 27.4 Å². The van der Waals surface area contributed by atoms with Crippen LogP contribution in [0.25, 0.3) is 22.0 Å². The number of methoxy groups -OCH3 is 3. The zero-order valence-electron chi connectivity index (χ0n) is 63.7. The highest BCUT2D eigenvalue weighted by Gasteiger charge is 2.37. The first-order valence-electron chi connectivity index (χ1n) is 37.0. The monoisotopic (exact) mass is 1640 g/mol. The Morgan fingerprint density at radius 1 is 0.548 bits per heavy atom. The molecular formula is C77H97N11O25S2. The average molecular weight is 1640 g/mol. The molecule has 2 aliphatic rings. The molecule has 15 N–H and O–H groups in total. The molecule has 0 bridgehead atoms. The number of nitrogens with one attached hydrogen (secondary N) is 8. The number of nitrogens with zero attached hydrogens (tertiary/aromatic N) is 2. The predicted molar refractivity (Wildman–Crippen MR) is 419 cm³/mol. The Balaban J connectivity index is 0.861. The third-order valence-electron chi connectivity index (χ3n) is 18.5. The fraction of sp³-hybridized carbons (Fsp3) is 0.455. The number of ketones is 1. The van der Waals surface area contributed by atoms with Crippen LogP contribution in [0.1, 0.15) is 104 Å². The van der Waals surface area contributed by atoms with Gasteiger partial charge in [0.25, 0.3) is 11.5 Å². The van der Waals surface area contributed by atoms with Gasteiger partial charge in [-0.15, -0.1) is 0 Å². The molecule has 8 amide bonds. The molecule has 7 atom stereocenters. The van der Waals surface area contributed by atoms with Crippen LogP contribution in [0.4, 0.5) is 4.79 Å². The molecule has 7 rings (SSSR count). The van der Waals surface area contributed by atoms with E-state index in [4.69, 9.17) is 39.3 Å². The highest BCUT2D eigenvalue weighted by Crippen LogP contribution is 2.46. The smallest absolute Gasteiger partial charge is 0.327 e. The van der Waals surface area contributed by atoms with Crippen molar-refractivity contribution >= 4 is 109 Å². The molecule has 0 radical (unpaired) electrons. The van der Waals surface area contributed by atoms with Gasteiger partial charge in [-0.25, -0.2) is 19.2 Å². The van der Waals surface area contributed by atoms with Gasteiger partial charge in [-0.05, 0) is 74.1 Å². The van der Waals surface area contributed by atoms with Gasteiger partial charge in [-0.2, -0.15) is 0 Å². The van der Waals surface area contributed by atoms with Crippen molar-refractivity contribution in [2.24, 2.45) is 5.73 Å². The Bertz CT molecular complexity index is 4360. The number of unbranched alkanes of at least 4 members (excludes halogenated alkanes) is 4. The number of aromatic nitrogens is 1. The van der Waals surface area contributed by atoms with Gasteiger partial charge in [0.05, 0.1) is 57.6 Å². The summed E-state index contributed by atoms with van der Waals surface area (Å²) in [5.41, 5.74) is 8.52. The Morgan fingerprint density at radius 3 is 1.70 bits per heavy atom. The number of hydrogen-bond acceptors (Lipinski definition) is 24.